The third-order valence-electron chi connectivity index (χ3n) is 4.45. The van der Waals surface area contributed by atoms with Gasteiger partial charge >= 0.3 is 5.69 Å². The first kappa shape index (κ1) is 17.8. The summed E-state index contributed by atoms with van der Waals surface area (Å²) in [6.45, 7) is 3.98. The van der Waals surface area contributed by atoms with Crippen molar-refractivity contribution in [1.29, 1.82) is 0 Å². The van der Waals surface area contributed by atoms with E-state index in [4.69, 9.17) is 10.5 Å². The largest absolute Gasteiger partial charge is 0.390 e. The Balaban J connectivity index is 2.14. The molecule has 138 valence electrons. The number of halogens is 1. The number of nitrogen functional groups attached to an aromatic ring is 1. The Morgan fingerprint density at radius 2 is 2.20 bits per heavy atom. The van der Waals surface area contributed by atoms with Gasteiger partial charge in [0, 0.05) is 6.54 Å². The minimum absolute atomic E-state index is 0.0515. The minimum atomic E-state index is -1.82. The number of fused-ring (bicyclic) bond motifs is 1. The summed E-state index contributed by atoms with van der Waals surface area (Å²) >= 11 is 0. The molecule has 0 radical (unpaired) electrons. The summed E-state index contributed by atoms with van der Waals surface area (Å²) < 4.78 is 22.4. The highest BCUT2D eigenvalue weighted by Gasteiger charge is 2.49. The number of alkyl halides is 1. The predicted octanol–water partition coefficient (Wildman–Crippen LogP) is -0.0475. The standard InChI is InChI=1S/C15H22FN5O4/c1-3-5-20-7-6-18-14(17)19-12(7)21(15(20)24)13-10(23)9(16)11(25-13)8(22)4-2/h6,8-11,13,22-23H,3-5H2,1-2H3,(H2,17,18,19)/t8?,9-,10-,11-,13-/m1/s1. The third kappa shape index (κ3) is 2.79. The number of hydrogen-bond donors (Lipinski definition) is 3. The van der Waals surface area contributed by atoms with Crippen LogP contribution < -0.4 is 11.4 Å². The lowest BCUT2D eigenvalue weighted by Crippen LogP contribution is -2.36. The third-order valence-corrected chi connectivity index (χ3v) is 4.45. The van der Waals surface area contributed by atoms with Crippen molar-refractivity contribution in [1.82, 2.24) is 19.1 Å². The zero-order valence-electron chi connectivity index (χ0n) is 14.0. The van der Waals surface area contributed by atoms with Crippen molar-refractivity contribution >= 4 is 17.1 Å². The number of aliphatic hydroxyl groups excluding tert-OH is 2. The zero-order valence-corrected chi connectivity index (χ0v) is 14.0. The molecule has 25 heavy (non-hydrogen) atoms. The molecule has 9 nitrogen and oxygen atoms in total. The normalized spacial score (nSPS) is 27.9. The van der Waals surface area contributed by atoms with Gasteiger partial charge < -0.3 is 20.7 Å². The van der Waals surface area contributed by atoms with Crippen LogP contribution in [-0.4, -0.2) is 53.8 Å². The molecule has 1 unspecified atom stereocenters. The summed E-state index contributed by atoms with van der Waals surface area (Å²) in [6.07, 6.45) is -4.70. The number of anilines is 1. The maximum atomic E-state index is 14.4. The van der Waals surface area contributed by atoms with Gasteiger partial charge in [-0.1, -0.05) is 13.8 Å². The number of hydrogen-bond acceptors (Lipinski definition) is 7. The highest BCUT2D eigenvalue weighted by atomic mass is 19.1. The first-order valence-corrected chi connectivity index (χ1v) is 8.29. The van der Waals surface area contributed by atoms with Crippen LogP contribution in [0.2, 0.25) is 0 Å². The van der Waals surface area contributed by atoms with Crippen molar-refractivity contribution in [3.63, 3.8) is 0 Å². The fourth-order valence-corrected chi connectivity index (χ4v) is 3.16. The average Bonchev–Trinajstić information content (AvgIpc) is 3.02. The second-order valence-electron chi connectivity index (χ2n) is 6.14. The molecule has 0 aromatic carbocycles. The van der Waals surface area contributed by atoms with E-state index in [9.17, 15) is 19.4 Å². The molecular formula is C15H22FN5O4. The van der Waals surface area contributed by atoms with Gasteiger partial charge in [0.05, 0.1) is 12.3 Å². The lowest BCUT2D eigenvalue weighted by molar-refractivity contribution is -0.0799. The minimum Gasteiger partial charge on any atom is -0.390 e. The maximum Gasteiger partial charge on any atom is 0.332 e. The Morgan fingerprint density at radius 1 is 1.48 bits per heavy atom. The molecule has 1 saturated heterocycles. The summed E-state index contributed by atoms with van der Waals surface area (Å²) in [6, 6.07) is 0. The summed E-state index contributed by atoms with van der Waals surface area (Å²) in [5.41, 5.74) is 5.70. The zero-order chi connectivity index (χ0) is 18.3. The Bertz CT molecular complexity index is 822. The number of rotatable bonds is 5. The van der Waals surface area contributed by atoms with Gasteiger partial charge in [-0.2, -0.15) is 4.98 Å². The van der Waals surface area contributed by atoms with Crippen LogP contribution in [0.25, 0.3) is 11.2 Å². The fourth-order valence-electron chi connectivity index (χ4n) is 3.16. The number of aliphatic hydroxyl groups is 2. The number of aromatic nitrogens is 4. The topological polar surface area (TPSA) is 128 Å². The Hall–Kier alpha value is -2.04. The summed E-state index contributed by atoms with van der Waals surface area (Å²) in [4.78, 5) is 20.8. The van der Waals surface area contributed by atoms with Gasteiger partial charge in [0.1, 0.15) is 17.7 Å². The van der Waals surface area contributed by atoms with Crippen molar-refractivity contribution in [2.24, 2.45) is 0 Å². The molecule has 0 aliphatic carbocycles. The van der Waals surface area contributed by atoms with E-state index in [0.717, 1.165) is 4.57 Å². The van der Waals surface area contributed by atoms with Crippen LogP contribution in [-0.2, 0) is 11.3 Å². The molecular weight excluding hydrogens is 333 g/mol. The smallest absolute Gasteiger partial charge is 0.332 e. The van der Waals surface area contributed by atoms with Crippen molar-refractivity contribution in [2.45, 2.75) is 63.9 Å². The number of nitrogens with two attached hydrogens (primary N) is 1. The maximum absolute atomic E-state index is 14.4. The second kappa shape index (κ2) is 6.70. The van der Waals surface area contributed by atoms with E-state index < -0.39 is 36.4 Å². The lowest BCUT2D eigenvalue weighted by Gasteiger charge is -2.18. The molecule has 1 fully saturated rings. The molecule has 0 amide bonds. The van der Waals surface area contributed by atoms with Crippen molar-refractivity contribution in [3.8, 4) is 0 Å². The summed E-state index contributed by atoms with van der Waals surface area (Å²) in [5, 5.41) is 20.2. The Morgan fingerprint density at radius 3 is 2.84 bits per heavy atom. The van der Waals surface area contributed by atoms with Crippen LogP contribution in [0.15, 0.2) is 11.0 Å². The quantitative estimate of drug-likeness (QED) is 0.686. The summed E-state index contributed by atoms with van der Waals surface area (Å²) in [5.74, 6) is -0.0515. The van der Waals surface area contributed by atoms with Crippen molar-refractivity contribution < 1.29 is 19.3 Å². The molecule has 10 heteroatoms. The first-order valence-electron chi connectivity index (χ1n) is 8.29. The van der Waals surface area contributed by atoms with E-state index in [-0.39, 0.29) is 18.0 Å². The molecule has 2 aromatic rings. The molecule has 1 aliphatic rings. The number of imidazole rings is 1. The molecule has 3 heterocycles. The molecule has 2 aromatic heterocycles. The van der Waals surface area contributed by atoms with E-state index in [1.165, 1.54) is 10.8 Å². The molecule has 1 aliphatic heterocycles. The second-order valence-corrected chi connectivity index (χ2v) is 6.14. The van der Waals surface area contributed by atoms with Crippen LogP contribution in [0.4, 0.5) is 10.3 Å². The van der Waals surface area contributed by atoms with Gasteiger partial charge in [0.25, 0.3) is 0 Å². The van der Waals surface area contributed by atoms with Gasteiger partial charge in [0.2, 0.25) is 5.95 Å². The van der Waals surface area contributed by atoms with Crippen molar-refractivity contribution in [3.05, 3.63) is 16.7 Å². The van der Waals surface area contributed by atoms with Gasteiger partial charge in [-0.25, -0.2) is 18.7 Å². The fraction of sp³-hybridized carbons (Fsp3) is 0.667. The van der Waals surface area contributed by atoms with Crippen LogP contribution in [0.5, 0.6) is 0 Å². The van der Waals surface area contributed by atoms with E-state index in [1.807, 2.05) is 6.92 Å². The van der Waals surface area contributed by atoms with Gasteiger partial charge in [0.15, 0.2) is 18.0 Å². The van der Waals surface area contributed by atoms with Crippen LogP contribution in [0, 0.1) is 0 Å². The lowest BCUT2D eigenvalue weighted by atomic mass is 10.1. The Labute approximate surface area is 142 Å². The number of nitrogens with zero attached hydrogens (tertiary/aromatic N) is 4. The number of ether oxygens (including phenoxy) is 1. The Kier molecular flexibility index (Phi) is 4.76. The molecule has 0 saturated carbocycles. The summed E-state index contributed by atoms with van der Waals surface area (Å²) in [7, 11) is 0. The predicted molar refractivity (Wildman–Crippen MR) is 87.6 cm³/mol. The number of aryl methyl sites for hydroxylation is 1. The highest BCUT2D eigenvalue weighted by Crippen LogP contribution is 2.34. The van der Waals surface area contributed by atoms with E-state index in [0.29, 0.717) is 18.5 Å². The van der Waals surface area contributed by atoms with E-state index in [1.54, 1.807) is 6.92 Å². The van der Waals surface area contributed by atoms with Gasteiger partial charge in [-0.3, -0.25) is 4.57 Å². The molecule has 0 spiro atoms. The van der Waals surface area contributed by atoms with Crippen LogP contribution in [0.1, 0.15) is 32.9 Å². The van der Waals surface area contributed by atoms with Crippen molar-refractivity contribution in [2.75, 3.05) is 5.73 Å². The molecule has 4 N–H and O–H groups in total. The molecule has 3 rings (SSSR count). The highest BCUT2D eigenvalue weighted by molar-refractivity contribution is 5.71. The first-order chi connectivity index (χ1) is 11.9. The molecule has 5 atom stereocenters. The van der Waals surface area contributed by atoms with E-state index >= 15 is 0 Å². The van der Waals surface area contributed by atoms with E-state index in [2.05, 4.69) is 9.97 Å². The van der Waals surface area contributed by atoms with Gasteiger partial charge in [-0.15, -0.1) is 0 Å². The van der Waals surface area contributed by atoms with Crippen LogP contribution >= 0.6 is 0 Å². The average molecular weight is 355 g/mol. The molecule has 0 bridgehead atoms. The monoisotopic (exact) mass is 355 g/mol. The van der Waals surface area contributed by atoms with Gasteiger partial charge in [-0.05, 0) is 12.8 Å². The SMILES string of the molecule is CCCn1c(=O)n([C@@H]2O[C@H](C(O)CC)[C@H](F)[C@H]2O)c2nc(N)ncc21. The van der Waals surface area contributed by atoms with Crippen LogP contribution in [0.3, 0.4) is 0 Å².